The molecule has 0 aliphatic carbocycles. The van der Waals surface area contributed by atoms with Gasteiger partial charge in [-0.1, -0.05) is 6.92 Å². The van der Waals surface area contributed by atoms with Crippen molar-refractivity contribution in [2.75, 3.05) is 31.2 Å². The summed E-state index contributed by atoms with van der Waals surface area (Å²) in [5.41, 5.74) is 2.86. The van der Waals surface area contributed by atoms with E-state index in [9.17, 15) is 4.39 Å². The summed E-state index contributed by atoms with van der Waals surface area (Å²) >= 11 is 0. The van der Waals surface area contributed by atoms with Gasteiger partial charge >= 0.3 is 0 Å². The lowest BCUT2D eigenvalue weighted by atomic mass is 10.0. The van der Waals surface area contributed by atoms with Crippen molar-refractivity contribution in [2.24, 2.45) is 0 Å². The Morgan fingerprint density at radius 1 is 1.31 bits per heavy atom. The number of nitrogens with zero attached hydrogens (tertiary/aromatic N) is 1. The SMILES string of the molecule is CCc1c(C)cc(N2CCOCC2)cc1F. The monoisotopic (exact) mass is 223 g/mol. The summed E-state index contributed by atoms with van der Waals surface area (Å²) in [5.74, 6) is -0.0796. The topological polar surface area (TPSA) is 12.5 Å². The van der Waals surface area contributed by atoms with E-state index >= 15 is 0 Å². The fourth-order valence-corrected chi connectivity index (χ4v) is 2.21. The van der Waals surface area contributed by atoms with E-state index in [2.05, 4.69) is 11.0 Å². The van der Waals surface area contributed by atoms with Crippen molar-refractivity contribution in [3.05, 3.63) is 29.1 Å². The van der Waals surface area contributed by atoms with E-state index in [1.807, 2.05) is 13.8 Å². The smallest absolute Gasteiger partial charge is 0.128 e. The molecule has 0 radical (unpaired) electrons. The maximum atomic E-state index is 13.8. The van der Waals surface area contributed by atoms with Gasteiger partial charge in [-0.2, -0.15) is 0 Å². The summed E-state index contributed by atoms with van der Waals surface area (Å²) in [4.78, 5) is 2.18. The summed E-state index contributed by atoms with van der Waals surface area (Å²) in [6.07, 6.45) is 0.751. The Morgan fingerprint density at radius 3 is 2.56 bits per heavy atom. The molecular formula is C13H18FNO. The van der Waals surface area contributed by atoms with E-state index in [1.165, 1.54) is 0 Å². The van der Waals surface area contributed by atoms with E-state index < -0.39 is 0 Å². The third kappa shape index (κ3) is 2.19. The van der Waals surface area contributed by atoms with Crippen molar-refractivity contribution in [3.63, 3.8) is 0 Å². The molecule has 0 spiro atoms. The fraction of sp³-hybridized carbons (Fsp3) is 0.538. The predicted octanol–water partition coefficient (Wildman–Crippen LogP) is 2.53. The Kier molecular flexibility index (Phi) is 3.44. The van der Waals surface area contributed by atoms with E-state index in [0.29, 0.717) is 0 Å². The largest absolute Gasteiger partial charge is 0.378 e. The van der Waals surface area contributed by atoms with Crippen LogP contribution < -0.4 is 4.90 Å². The Hall–Kier alpha value is -1.09. The zero-order valence-corrected chi connectivity index (χ0v) is 9.92. The van der Waals surface area contributed by atoms with Gasteiger partial charge in [0, 0.05) is 18.8 Å². The zero-order valence-electron chi connectivity index (χ0n) is 9.92. The molecule has 1 fully saturated rings. The third-order valence-corrected chi connectivity index (χ3v) is 3.13. The molecule has 1 aliphatic heterocycles. The highest BCUT2D eigenvalue weighted by Gasteiger charge is 2.14. The number of rotatable bonds is 2. The second-order valence-electron chi connectivity index (χ2n) is 4.18. The van der Waals surface area contributed by atoms with Crippen molar-refractivity contribution < 1.29 is 9.13 Å². The molecule has 0 aromatic heterocycles. The second kappa shape index (κ2) is 4.83. The lowest BCUT2D eigenvalue weighted by Crippen LogP contribution is -2.36. The molecule has 0 unspecified atom stereocenters. The minimum Gasteiger partial charge on any atom is -0.378 e. The van der Waals surface area contributed by atoms with E-state index in [1.54, 1.807) is 6.07 Å². The Bertz CT molecular complexity index is 349. The first-order chi connectivity index (χ1) is 7.72. The van der Waals surface area contributed by atoms with Gasteiger partial charge in [0.15, 0.2) is 0 Å². The van der Waals surface area contributed by atoms with Crippen molar-refractivity contribution in [3.8, 4) is 0 Å². The molecule has 88 valence electrons. The number of ether oxygens (including phenoxy) is 1. The number of halogens is 1. The molecule has 3 heteroatoms. The lowest BCUT2D eigenvalue weighted by molar-refractivity contribution is 0.122. The minimum atomic E-state index is -0.0796. The zero-order chi connectivity index (χ0) is 11.5. The molecular weight excluding hydrogens is 205 g/mol. The first-order valence-electron chi connectivity index (χ1n) is 5.84. The molecule has 1 aromatic carbocycles. The van der Waals surface area contributed by atoms with Gasteiger partial charge in [0.1, 0.15) is 5.82 Å². The highest BCUT2D eigenvalue weighted by Crippen LogP contribution is 2.23. The summed E-state index contributed by atoms with van der Waals surface area (Å²) in [6, 6.07) is 3.73. The average molecular weight is 223 g/mol. The molecule has 0 atom stereocenters. The molecule has 1 aromatic rings. The van der Waals surface area contributed by atoms with Crippen LogP contribution in [0.25, 0.3) is 0 Å². The number of morpholine rings is 1. The van der Waals surface area contributed by atoms with Crippen LogP contribution in [0.3, 0.4) is 0 Å². The van der Waals surface area contributed by atoms with Gasteiger partial charge in [0.2, 0.25) is 0 Å². The maximum Gasteiger partial charge on any atom is 0.128 e. The summed E-state index contributed by atoms with van der Waals surface area (Å²) in [5, 5.41) is 0. The van der Waals surface area contributed by atoms with Crippen LogP contribution in [-0.2, 0) is 11.2 Å². The van der Waals surface area contributed by atoms with E-state index in [4.69, 9.17) is 4.74 Å². The van der Waals surface area contributed by atoms with Crippen LogP contribution in [-0.4, -0.2) is 26.3 Å². The Balaban J connectivity index is 2.28. The van der Waals surface area contributed by atoms with Crippen LogP contribution in [0.15, 0.2) is 12.1 Å². The van der Waals surface area contributed by atoms with Crippen LogP contribution in [0.4, 0.5) is 10.1 Å². The third-order valence-electron chi connectivity index (χ3n) is 3.13. The first kappa shape index (κ1) is 11.4. The van der Waals surface area contributed by atoms with Gasteiger partial charge in [-0.25, -0.2) is 4.39 Å². The Labute approximate surface area is 96.0 Å². The molecule has 0 amide bonds. The van der Waals surface area contributed by atoms with Crippen LogP contribution in [0, 0.1) is 12.7 Å². The molecule has 16 heavy (non-hydrogen) atoms. The molecule has 0 bridgehead atoms. The lowest BCUT2D eigenvalue weighted by Gasteiger charge is -2.29. The van der Waals surface area contributed by atoms with Crippen molar-refractivity contribution in [1.82, 2.24) is 0 Å². The van der Waals surface area contributed by atoms with Gasteiger partial charge in [-0.05, 0) is 36.6 Å². The van der Waals surface area contributed by atoms with Crippen LogP contribution in [0.2, 0.25) is 0 Å². The van der Waals surface area contributed by atoms with Crippen LogP contribution >= 0.6 is 0 Å². The number of hydrogen-bond acceptors (Lipinski definition) is 2. The molecule has 1 heterocycles. The molecule has 1 saturated heterocycles. The summed E-state index contributed by atoms with van der Waals surface area (Å²) in [6.45, 7) is 7.13. The standard InChI is InChI=1S/C13H18FNO/c1-3-12-10(2)8-11(9-13(12)14)15-4-6-16-7-5-15/h8-9H,3-7H2,1-2H3. The molecule has 1 aliphatic rings. The Morgan fingerprint density at radius 2 is 2.00 bits per heavy atom. The molecule has 2 rings (SSSR count). The molecule has 2 nitrogen and oxygen atoms in total. The van der Waals surface area contributed by atoms with Gasteiger partial charge in [-0.3, -0.25) is 0 Å². The quantitative estimate of drug-likeness (QED) is 0.764. The highest BCUT2D eigenvalue weighted by atomic mass is 19.1. The number of aryl methyl sites for hydroxylation is 1. The van der Waals surface area contributed by atoms with Crippen molar-refractivity contribution in [1.29, 1.82) is 0 Å². The summed E-state index contributed by atoms with van der Waals surface area (Å²) < 4.78 is 19.1. The van der Waals surface area contributed by atoms with Crippen molar-refractivity contribution >= 4 is 5.69 Å². The fourth-order valence-electron chi connectivity index (χ4n) is 2.21. The number of hydrogen-bond donors (Lipinski definition) is 0. The number of anilines is 1. The van der Waals surface area contributed by atoms with Gasteiger partial charge in [0.05, 0.1) is 13.2 Å². The highest BCUT2D eigenvalue weighted by molar-refractivity contribution is 5.51. The molecule has 0 N–H and O–H groups in total. The molecule has 0 saturated carbocycles. The normalized spacial score (nSPS) is 16.6. The van der Waals surface area contributed by atoms with Gasteiger partial charge < -0.3 is 9.64 Å². The second-order valence-corrected chi connectivity index (χ2v) is 4.18. The van der Waals surface area contributed by atoms with Gasteiger partial charge in [0.25, 0.3) is 0 Å². The summed E-state index contributed by atoms with van der Waals surface area (Å²) in [7, 11) is 0. The van der Waals surface area contributed by atoms with Crippen LogP contribution in [0.1, 0.15) is 18.1 Å². The van der Waals surface area contributed by atoms with Crippen molar-refractivity contribution in [2.45, 2.75) is 20.3 Å². The average Bonchev–Trinajstić information content (AvgIpc) is 2.30. The number of benzene rings is 1. The van der Waals surface area contributed by atoms with Crippen LogP contribution in [0.5, 0.6) is 0 Å². The maximum absolute atomic E-state index is 13.8. The minimum absolute atomic E-state index is 0.0796. The predicted molar refractivity (Wildman–Crippen MR) is 63.5 cm³/mol. The van der Waals surface area contributed by atoms with Gasteiger partial charge in [-0.15, -0.1) is 0 Å². The van der Waals surface area contributed by atoms with E-state index in [-0.39, 0.29) is 5.82 Å². The van der Waals surface area contributed by atoms with E-state index in [0.717, 1.165) is 49.5 Å². The first-order valence-corrected chi connectivity index (χ1v) is 5.84.